The van der Waals surface area contributed by atoms with Crippen molar-refractivity contribution in [2.45, 2.75) is 18.9 Å². The molecule has 0 bridgehead atoms. The molecule has 7 nitrogen and oxygen atoms in total. The quantitative estimate of drug-likeness (QED) is 0.333. The third kappa shape index (κ3) is 2.69. The highest BCUT2D eigenvalue weighted by molar-refractivity contribution is 6.23. The highest BCUT2D eigenvalue weighted by Gasteiger charge is 2.50. The van der Waals surface area contributed by atoms with Crippen LogP contribution in [0.5, 0.6) is 0 Å². The topological polar surface area (TPSA) is 84.0 Å². The Hall–Kier alpha value is -2.82. The molecule has 1 atom stereocenters. The third-order valence-electron chi connectivity index (χ3n) is 4.45. The summed E-state index contributed by atoms with van der Waals surface area (Å²) in [5.41, 5.74) is -2.55. The Kier molecular flexibility index (Phi) is 4.72. The SMILES string of the molecule is COCCN1C(=O)CCC(N2C(=O)c3c(F)c(F)c(F)c(F)c3C2=O)C1=O. The van der Waals surface area contributed by atoms with Gasteiger partial charge in [-0.05, 0) is 6.42 Å². The molecule has 3 rings (SSSR count). The maximum atomic E-state index is 14.0. The third-order valence-corrected chi connectivity index (χ3v) is 4.45. The van der Waals surface area contributed by atoms with Gasteiger partial charge in [-0.25, -0.2) is 17.6 Å². The van der Waals surface area contributed by atoms with Gasteiger partial charge in [-0.1, -0.05) is 0 Å². The Morgan fingerprint density at radius 3 is 1.93 bits per heavy atom. The first kappa shape index (κ1) is 19.0. The van der Waals surface area contributed by atoms with Crippen molar-refractivity contribution in [2.24, 2.45) is 0 Å². The van der Waals surface area contributed by atoms with E-state index in [1.54, 1.807) is 0 Å². The van der Waals surface area contributed by atoms with Crippen molar-refractivity contribution >= 4 is 23.6 Å². The fourth-order valence-electron chi connectivity index (χ4n) is 3.13. The number of benzene rings is 1. The van der Waals surface area contributed by atoms with E-state index >= 15 is 0 Å². The van der Waals surface area contributed by atoms with Crippen LogP contribution in [0.2, 0.25) is 0 Å². The summed E-state index contributed by atoms with van der Waals surface area (Å²) >= 11 is 0. The van der Waals surface area contributed by atoms with Gasteiger partial charge in [-0.2, -0.15) is 0 Å². The maximum Gasteiger partial charge on any atom is 0.265 e. The number of carbonyl (C=O) groups is 4. The van der Waals surface area contributed by atoms with E-state index in [9.17, 15) is 36.7 Å². The summed E-state index contributed by atoms with van der Waals surface area (Å²) in [6.45, 7) is -0.161. The molecule has 1 unspecified atom stereocenters. The zero-order valence-corrected chi connectivity index (χ0v) is 13.9. The zero-order chi connectivity index (χ0) is 20.0. The monoisotopic (exact) mass is 388 g/mol. The molecule has 1 fully saturated rings. The standard InChI is InChI=1S/C16H12F4N2O5/c1-27-5-4-21-7(23)3-2-6(14(21)24)22-15(25)8-9(16(22)26)11(18)13(20)12(19)10(8)17/h6H,2-5H2,1H3. The first-order valence-electron chi connectivity index (χ1n) is 7.79. The summed E-state index contributed by atoms with van der Waals surface area (Å²) < 4.78 is 59.6. The van der Waals surface area contributed by atoms with Crippen molar-refractivity contribution in [3.05, 3.63) is 34.4 Å². The predicted octanol–water partition coefficient (Wildman–Crippen LogP) is 1.00. The molecule has 11 heteroatoms. The molecule has 0 aromatic heterocycles. The summed E-state index contributed by atoms with van der Waals surface area (Å²) in [5, 5.41) is 0. The minimum atomic E-state index is -2.24. The van der Waals surface area contributed by atoms with Crippen LogP contribution < -0.4 is 0 Å². The smallest absolute Gasteiger partial charge is 0.265 e. The van der Waals surface area contributed by atoms with Crippen LogP contribution in [0.4, 0.5) is 17.6 Å². The van der Waals surface area contributed by atoms with Gasteiger partial charge in [0.25, 0.3) is 17.7 Å². The van der Waals surface area contributed by atoms with Crippen molar-refractivity contribution in [1.82, 2.24) is 9.80 Å². The first-order chi connectivity index (χ1) is 12.7. The molecule has 2 aliphatic heterocycles. The second kappa shape index (κ2) is 6.72. The Balaban J connectivity index is 2.01. The van der Waals surface area contributed by atoms with Crippen LogP contribution in [0, 0.1) is 23.3 Å². The van der Waals surface area contributed by atoms with Crippen LogP contribution in [0.3, 0.4) is 0 Å². The molecule has 27 heavy (non-hydrogen) atoms. The molecular formula is C16H12F4N2O5. The van der Waals surface area contributed by atoms with Gasteiger partial charge in [-0.3, -0.25) is 29.0 Å². The molecule has 0 radical (unpaired) electrons. The lowest BCUT2D eigenvalue weighted by atomic mass is 10.0. The van der Waals surface area contributed by atoms with E-state index < -0.39 is 64.1 Å². The van der Waals surface area contributed by atoms with Crippen molar-refractivity contribution in [1.29, 1.82) is 0 Å². The average Bonchev–Trinajstić information content (AvgIpc) is 2.89. The number of hydrogen-bond acceptors (Lipinski definition) is 5. The molecule has 0 N–H and O–H groups in total. The van der Waals surface area contributed by atoms with E-state index in [0.717, 1.165) is 4.90 Å². The van der Waals surface area contributed by atoms with E-state index in [0.29, 0.717) is 0 Å². The van der Waals surface area contributed by atoms with Crippen LogP contribution in [0.1, 0.15) is 33.6 Å². The number of piperidine rings is 1. The van der Waals surface area contributed by atoms with Crippen LogP contribution in [-0.2, 0) is 14.3 Å². The second-order valence-electron chi connectivity index (χ2n) is 5.92. The Morgan fingerprint density at radius 1 is 0.926 bits per heavy atom. The van der Waals surface area contributed by atoms with E-state index in [4.69, 9.17) is 4.74 Å². The lowest BCUT2D eigenvalue weighted by Crippen LogP contribution is -2.56. The lowest BCUT2D eigenvalue weighted by Gasteiger charge is -2.34. The molecule has 0 aliphatic carbocycles. The molecule has 1 saturated heterocycles. The Labute approximate surface area is 149 Å². The number of nitrogens with zero attached hydrogens (tertiary/aromatic N) is 2. The van der Waals surface area contributed by atoms with Crippen molar-refractivity contribution < 1.29 is 41.5 Å². The highest BCUT2D eigenvalue weighted by atomic mass is 19.2. The van der Waals surface area contributed by atoms with Crippen LogP contribution in [0.15, 0.2) is 0 Å². The number of likely N-dealkylation sites (tertiary alicyclic amines) is 1. The van der Waals surface area contributed by atoms with Gasteiger partial charge in [0, 0.05) is 13.5 Å². The largest absolute Gasteiger partial charge is 0.383 e. The van der Waals surface area contributed by atoms with Gasteiger partial charge >= 0.3 is 0 Å². The molecule has 4 amide bonds. The highest BCUT2D eigenvalue weighted by Crippen LogP contribution is 2.34. The average molecular weight is 388 g/mol. The number of halogens is 4. The van der Waals surface area contributed by atoms with Crippen molar-refractivity contribution in [3.8, 4) is 0 Å². The summed E-state index contributed by atoms with van der Waals surface area (Å²) in [5.74, 6) is -12.9. The number of fused-ring (bicyclic) bond motifs is 1. The number of rotatable bonds is 4. The van der Waals surface area contributed by atoms with Gasteiger partial charge in [0.15, 0.2) is 23.3 Å². The number of ether oxygens (including phenoxy) is 1. The molecule has 0 saturated carbocycles. The van der Waals surface area contributed by atoms with Gasteiger partial charge in [0.05, 0.1) is 24.3 Å². The summed E-state index contributed by atoms with van der Waals surface area (Å²) in [7, 11) is 1.33. The van der Waals surface area contributed by atoms with Gasteiger partial charge in [0.1, 0.15) is 6.04 Å². The number of imide groups is 2. The number of hydrogen-bond donors (Lipinski definition) is 0. The van der Waals surface area contributed by atoms with Crippen molar-refractivity contribution in [2.75, 3.05) is 20.3 Å². The minimum absolute atomic E-state index is 0.00794. The summed E-state index contributed by atoms with van der Waals surface area (Å²) in [4.78, 5) is 50.3. The molecule has 144 valence electrons. The van der Waals surface area contributed by atoms with E-state index in [1.165, 1.54) is 7.11 Å². The first-order valence-corrected chi connectivity index (χ1v) is 7.79. The Morgan fingerprint density at radius 2 is 1.44 bits per heavy atom. The number of methoxy groups -OCH3 is 1. The molecule has 0 spiro atoms. The minimum Gasteiger partial charge on any atom is -0.383 e. The van der Waals surface area contributed by atoms with Gasteiger partial charge in [-0.15, -0.1) is 0 Å². The fraction of sp³-hybridized carbons (Fsp3) is 0.375. The van der Waals surface area contributed by atoms with Crippen molar-refractivity contribution in [3.63, 3.8) is 0 Å². The lowest BCUT2D eigenvalue weighted by molar-refractivity contribution is -0.152. The molecular weight excluding hydrogens is 376 g/mol. The normalized spacial score (nSPS) is 20.0. The fourth-order valence-corrected chi connectivity index (χ4v) is 3.13. The van der Waals surface area contributed by atoms with Gasteiger partial charge in [0.2, 0.25) is 5.91 Å². The number of amides is 4. The number of carbonyl (C=O) groups excluding carboxylic acids is 4. The molecule has 1 aromatic carbocycles. The van der Waals surface area contributed by atoms with E-state index in [2.05, 4.69) is 0 Å². The maximum absolute atomic E-state index is 14.0. The molecule has 2 aliphatic rings. The molecule has 2 heterocycles. The molecule has 1 aromatic rings. The van der Waals surface area contributed by atoms with Gasteiger partial charge < -0.3 is 4.74 Å². The van der Waals surface area contributed by atoms with Crippen LogP contribution >= 0.6 is 0 Å². The Bertz CT molecular complexity index is 841. The van der Waals surface area contributed by atoms with E-state index in [-0.39, 0.29) is 30.9 Å². The predicted molar refractivity (Wildman–Crippen MR) is 78.4 cm³/mol. The second-order valence-corrected chi connectivity index (χ2v) is 5.92. The summed E-state index contributed by atoms with van der Waals surface area (Å²) in [6.07, 6.45) is -0.498. The summed E-state index contributed by atoms with van der Waals surface area (Å²) in [6, 6.07) is -1.53. The zero-order valence-electron chi connectivity index (χ0n) is 13.9. The van der Waals surface area contributed by atoms with Crippen LogP contribution in [0.25, 0.3) is 0 Å². The van der Waals surface area contributed by atoms with E-state index in [1.807, 2.05) is 0 Å². The van der Waals surface area contributed by atoms with Crippen LogP contribution in [-0.4, -0.2) is 59.7 Å².